The molecule has 0 saturated carbocycles. The fourth-order valence-electron chi connectivity index (χ4n) is 2.01. The van der Waals surface area contributed by atoms with Crippen LogP contribution in [-0.4, -0.2) is 32.3 Å². The molecule has 0 aliphatic heterocycles. The molecule has 1 rings (SSSR count). The van der Waals surface area contributed by atoms with E-state index < -0.39 is 9.05 Å². The predicted octanol–water partition coefficient (Wildman–Crippen LogP) is 3.80. The minimum absolute atomic E-state index is 0.0394. The average molecular weight is 397 g/mol. The third-order valence-corrected chi connectivity index (χ3v) is 5.33. The van der Waals surface area contributed by atoms with Gasteiger partial charge in [-0.15, -0.1) is 0 Å². The van der Waals surface area contributed by atoms with Crippen molar-refractivity contribution >= 4 is 41.6 Å². The van der Waals surface area contributed by atoms with Crippen molar-refractivity contribution < 1.29 is 13.2 Å². The van der Waals surface area contributed by atoms with Gasteiger partial charge in [0.2, 0.25) is 0 Å². The van der Waals surface area contributed by atoms with Gasteiger partial charge in [-0.3, -0.25) is 4.79 Å². The second-order valence-electron chi connectivity index (χ2n) is 5.26. The fraction of sp³-hybridized carbons (Fsp3) is 0.500. The molecule has 1 aromatic rings. The van der Waals surface area contributed by atoms with Crippen LogP contribution in [0.3, 0.4) is 0 Å². The summed E-state index contributed by atoms with van der Waals surface area (Å²) in [5, 5.41) is 0. The largest absolute Gasteiger partial charge is 0.339 e. The summed E-state index contributed by atoms with van der Waals surface area (Å²) in [6.07, 6.45) is 0. The SMILES string of the molecule is CCN(CC(C)C)C(=O)c1cc(Br)c(C)c(S(=O)(=O)Cl)c1. The molecular formula is C14H19BrClNO3S. The summed E-state index contributed by atoms with van der Waals surface area (Å²) >= 11 is 3.29. The Hall–Kier alpha value is -0.590. The number of rotatable bonds is 5. The van der Waals surface area contributed by atoms with Crippen molar-refractivity contribution in [2.75, 3.05) is 13.1 Å². The van der Waals surface area contributed by atoms with E-state index in [2.05, 4.69) is 15.9 Å². The number of carbonyl (C=O) groups excluding carboxylic acids is 1. The van der Waals surface area contributed by atoms with E-state index in [1.54, 1.807) is 17.9 Å². The van der Waals surface area contributed by atoms with E-state index in [4.69, 9.17) is 10.7 Å². The Bertz CT molecular complexity index is 644. The van der Waals surface area contributed by atoms with Crippen LogP contribution in [0.2, 0.25) is 0 Å². The van der Waals surface area contributed by atoms with Gasteiger partial charge in [0.05, 0.1) is 4.90 Å². The number of carbonyl (C=O) groups is 1. The average Bonchev–Trinajstić information content (AvgIpc) is 2.36. The summed E-state index contributed by atoms with van der Waals surface area (Å²) in [5.74, 6) is 0.132. The lowest BCUT2D eigenvalue weighted by Gasteiger charge is -2.23. The van der Waals surface area contributed by atoms with Crippen LogP contribution in [0.25, 0.3) is 0 Å². The van der Waals surface area contributed by atoms with Gasteiger partial charge in [-0.05, 0) is 37.5 Å². The Kier molecular flexibility index (Phi) is 6.25. The lowest BCUT2D eigenvalue weighted by atomic mass is 10.1. The molecule has 1 aromatic carbocycles. The van der Waals surface area contributed by atoms with Crippen LogP contribution in [0.15, 0.2) is 21.5 Å². The van der Waals surface area contributed by atoms with Gasteiger partial charge in [-0.2, -0.15) is 0 Å². The van der Waals surface area contributed by atoms with Crippen molar-refractivity contribution in [1.29, 1.82) is 0 Å². The van der Waals surface area contributed by atoms with Crippen molar-refractivity contribution in [3.8, 4) is 0 Å². The summed E-state index contributed by atoms with van der Waals surface area (Å²) in [6.45, 7) is 8.75. The standard InChI is InChI=1S/C14H19BrClNO3S/c1-5-17(8-9(2)3)14(18)11-6-12(15)10(4)13(7-11)21(16,19)20/h6-7,9H,5,8H2,1-4H3. The number of halogens is 2. The molecular weight excluding hydrogens is 378 g/mol. The van der Waals surface area contributed by atoms with Crippen LogP contribution in [0.5, 0.6) is 0 Å². The molecule has 118 valence electrons. The quantitative estimate of drug-likeness (QED) is 0.711. The third-order valence-electron chi connectivity index (χ3n) is 3.06. The maximum Gasteiger partial charge on any atom is 0.261 e. The van der Waals surface area contributed by atoms with Gasteiger partial charge in [-0.25, -0.2) is 8.42 Å². The van der Waals surface area contributed by atoms with Gasteiger partial charge in [0, 0.05) is 33.8 Å². The fourth-order valence-corrected chi connectivity index (χ4v) is 3.82. The molecule has 0 spiro atoms. The van der Waals surface area contributed by atoms with Crippen LogP contribution in [-0.2, 0) is 9.05 Å². The number of amides is 1. The van der Waals surface area contributed by atoms with Crippen molar-refractivity contribution in [1.82, 2.24) is 4.90 Å². The maximum absolute atomic E-state index is 12.5. The van der Waals surface area contributed by atoms with Crippen LogP contribution >= 0.6 is 26.6 Å². The van der Waals surface area contributed by atoms with Crippen molar-refractivity contribution in [2.45, 2.75) is 32.6 Å². The molecule has 0 N–H and O–H groups in total. The number of benzene rings is 1. The molecule has 0 bridgehead atoms. The van der Waals surface area contributed by atoms with E-state index in [-0.39, 0.29) is 10.8 Å². The molecule has 0 aliphatic rings. The van der Waals surface area contributed by atoms with Crippen LogP contribution < -0.4 is 0 Å². The molecule has 0 aromatic heterocycles. The molecule has 4 nitrogen and oxygen atoms in total. The monoisotopic (exact) mass is 395 g/mol. The zero-order valence-corrected chi connectivity index (χ0v) is 15.6. The minimum Gasteiger partial charge on any atom is -0.339 e. The highest BCUT2D eigenvalue weighted by Crippen LogP contribution is 2.28. The first-order chi connectivity index (χ1) is 9.57. The van der Waals surface area contributed by atoms with E-state index in [0.717, 1.165) is 0 Å². The molecule has 1 amide bonds. The Labute approximate surface area is 139 Å². The number of nitrogens with zero attached hydrogens (tertiary/aromatic N) is 1. The van der Waals surface area contributed by atoms with E-state index in [9.17, 15) is 13.2 Å². The Morgan fingerprint density at radius 3 is 2.38 bits per heavy atom. The van der Waals surface area contributed by atoms with Gasteiger partial charge in [0.25, 0.3) is 15.0 Å². The lowest BCUT2D eigenvalue weighted by molar-refractivity contribution is 0.0745. The first-order valence-corrected chi connectivity index (χ1v) is 9.72. The lowest BCUT2D eigenvalue weighted by Crippen LogP contribution is -2.34. The van der Waals surface area contributed by atoms with E-state index >= 15 is 0 Å². The summed E-state index contributed by atoms with van der Waals surface area (Å²) < 4.78 is 23.8. The van der Waals surface area contributed by atoms with E-state index in [0.29, 0.717) is 34.6 Å². The molecule has 0 radical (unpaired) electrons. The Balaban J connectivity index is 3.31. The topological polar surface area (TPSA) is 54.5 Å². The highest BCUT2D eigenvalue weighted by atomic mass is 79.9. The second-order valence-corrected chi connectivity index (χ2v) is 8.65. The zero-order valence-electron chi connectivity index (χ0n) is 12.5. The summed E-state index contributed by atoms with van der Waals surface area (Å²) in [6, 6.07) is 2.97. The molecule has 7 heteroatoms. The Morgan fingerprint density at radius 2 is 1.95 bits per heavy atom. The first-order valence-electron chi connectivity index (χ1n) is 6.62. The molecule has 21 heavy (non-hydrogen) atoms. The molecule has 0 saturated heterocycles. The highest BCUT2D eigenvalue weighted by molar-refractivity contribution is 9.10. The molecule has 0 aliphatic carbocycles. The van der Waals surface area contributed by atoms with Crippen molar-refractivity contribution in [2.24, 2.45) is 5.92 Å². The van der Waals surface area contributed by atoms with Gasteiger partial charge >= 0.3 is 0 Å². The highest BCUT2D eigenvalue weighted by Gasteiger charge is 2.22. The third kappa shape index (κ3) is 4.69. The van der Waals surface area contributed by atoms with Gasteiger partial charge in [0.15, 0.2) is 0 Å². The van der Waals surface area contributed by atoms with Gasteiger partial charge in [-0.1, -0.05) is 29.8 Å². The molecule has 0 heterocycles. The van der Waals surface area contributed by atoms with Crippen molar-refractivity contribution in [3.63, 3.8) is 0 Å². The Morgan fingerprint density at radius 1 is 1.38 bits per heavy atom. The van der Waals surface area contributed by atoms with Crippen LogP contribution in [0, 0.1) is 12.8 Å². The minimum atomic E-state index is -3.90. The smallest absolute Gasteiger partial charge is 0.261 e. The molecule has 0 atom stereocenters. The predicted molar refractivity (Wildman–Crippen MR) is 88.3 cm³/mol. The zero-order chi connectivity index (χ0) is 16.4. The van der Waals surface area contributed by atoms with E-state index in [1.165, 1.54) is 6.07 Å². The first kappa shape index (κ1) is 18.5. The van der Waals surface area contributed by atoms with Crippen LogP contribution in [0.1, 0.15) is 36.7 Å². The normalized spacial score (nSPS) is 11.8. The maximum atomic E-state index is 12.5. The van der Waals surface area contributed by atoms with Gasteiger partial charge in [0.1, 0.15) is 0 Å². The van der Waals surface area contributed by atoms with Crippen molar-refractivity contribution in [3.05, 3.63) is 27.7 Å². The van der Waals surface area contributed by atoms with E-state index in [1.807, 2.05) is 20.8 Å². The summed E-state index contributed by atoms with van der Waals surface area (Å²) in [7, 11) is 1.54. The molecule has 0 unspecified atom stereocenters. The number of hydrogen-bond acceptors (Lipinski definition) is 3. The molecule has 0 fully saturated rings. The van der Waals surface area contributed by atoms with Gasteiger partial charge < -0.3 is 4.90 Å². The summed E-state index contributed by atoms with van der Waals surface area (Å²) in [4.78, 5) is 14.2. The van der Waals surface area contributed by atoms with Crippen LogP contribution in [0.4, 0.5) is 0 Å². The summed E-state index contributed by atoms with van der Waals surface area (Å²) in [5.41, 5.74) is 0.808. The number of hydrogen-bond donors (Lipinski definition) is 0. The second kappa shape index (κ2) is 7.11.